The van der Waals surface area contributed by atoms with Gasteiger partial charge in [0, 0.05) is 68.9 Å². The average molecular weight is 1030 g/mol. The molecule has 0 aromatic rings. The van der Waals surface area contributed by atoms with E-state index in [1.165, 1.54) is 0 Å². The fraction of sp³-hybridized carbons (Fsp3) is 0.959. The third-order valence-electron chi connectivity index (χ3n) is 16.8. The zero-order valence-electron chi connectivity index (χ0n) is 43.4. The van der Waals surface area contributed by atoms with Crippen LogP contribution in [0.4, 0.5) is 0 Å². The van der Waals surface area contributed by atoms with Crippen LogP contribution in [0.1, 0.15) is 149 Å². The Morgan fingerprint density at radius 1 is 0.653 bits per heavy atom. The van der Waals surface area contributed by atoms with Gasteiger partial charge in [0.15, 0.2) is 5.96 Å². The number of nitrogens with one attached hydrogen (secondary N) is 6. The zero-order chi connectivity index (χ0) is 52.5. The average Bonchev–Trinajstić information content (AvgIpc) is 4.06. The van der Waals surface area contributed by atoms with Gasteiger partial charge in [-0.15, -0.1) is 0 Å². The van der Waals surface area contributed by atoms with Gasteiger partial charge < -0.3 is 74.8 Å². The number of nitrogens with zero attached hydrogens (tertiary/aromatic N) is 3. The van der Waals surface area contributed by atoms with Crippen molar-refractivity contribution < 1.29 is 45.6 Å². The zero-order valence-corrected chi connectivity index (χ0v) is 43.4. The molecule has 5 rings (SSSR count). The number of carbonyl (C=O) groups is 1. The maximum absolute atomic E-state index is 13.2. The normalized spacial score (nSPS) is 38.6. The summed E-state index contributed by atoms with van der Waals surface area (Å²) in [6.45, 7) is 5.26. The van der Waals surface area contributed by atoms with E-state index < -0.39 is 98.2 Å². The molecule has 2 aliphatic carbocycles. The predicted molar refractivity (Wildman–Crippen MR) is 276 cm³/mol. The van der Waals surface area contributed by atoms with Crippen LogP contribution >= 0.6 is 0 Å². The lowest BCUT2D eigenvalue weighted by atomic mass is 9.75. The molecule has 23 nitrogen and oxygen atoms in total. The Labute approximate surface area is 428 Å². The van der Waals surface area contributed by atoms with E-state index in [1.807, 2.05) is 16.7 Å². The largest absolute Gasteiger partial charge is 0.377 e. The van der Waals surface area contributed by atoms with Gasteiger partial charge in [-0.05, 0) is 101 Å². The van der Waals surface area contributed by atoms with Gasteiger partial charge >= 0.3 is 0 Å². The number of hydrogen-bond acceptors (Lipinski definition) is 20. The first-order valence-corrected chi connectivity index (χ1v) is 27.7. The Morgan fingerprint density at radius 3 is 1.90 bits per heavy atom. The predicted octanol–water partition coefficient (Wildman–Crippen LogP) is -3.18. The van der Waals surface area contributed by atoms with Crippen molar-refractivity contribution in [3.8, 4) is 0 Å². The van der Waals surface area contributed by atoms with Gasteiger partial charge in [0.2, 0.25) is 5.91 Å². The number of aliphatic hydroxyl groups is 8. The first-order valence-electron chi connectivity index (χ1n) is 27.7. The highest BCUT2D eigenvalue weighted by Gasteiger charge is 2.44. The van der Waals surface area contributed by atoms with E-state index in [2.05, 4.69) is 43.8 Å². The van der Waals surface area contributed by atoms with Crippen LogP contribution in [0.5, 0.6) is 0 Å². The Bertz CT molecular complexity index is 1570. The minimum Gasteiger partial charge on any atom is -0.377 e. The Hall–Kier alpha value is -1.98. The number of aliphatic hydroxyl groups excluding tert-OH is 8. The van der Waals surface area contributed by atoms with Gasteiger partial charge in [-0.1, -0.05) is 58.8 Å². The van der Waals surface area contributed by atoms with E-state index in [0.29, 0.717) is 58.0 Å². The molecule has 19 atom stereocenters. The molecule has 3 heterocycles. The number of carbonyl (C=O) groups excluding carboxylic acids is 1. The molecular formula is C49H100N14O9. The van der Waals surface area contributed by atoms with Crippen LogP contribution in [-0.2, 0) is 4.79 Å². The first kappa shape index (κ1) is 60.9. The lowest BCUT2D eigenvalue weighted by Crippen LogP contribution is -2.65. The van der Waals surface area contributed by atoms with Crippen molar-refractivity contribution in [1.82, 2.24) is 41.7 Å². The molecule has 5 aliphatic rings. The van der Waals surface area contributed by atoms with E-state index in [0.717, 1.165) is 64.2 Å². The molecule has 24 N–H and O–H groups in total. The molecule has 0 bridgehead atoms. The van der Waals surface area contributed by atoms with Crippen LogP contribution < -0.4 is 60.6 Å². The van der Waals surface area contributed by atoms with Crippen LogP contribution in [0.3, 0.4) is 0 Å². The van der Waals surface area contributed by atoms with Crippen molar-refractivity contribution >= 4 is 11.9 Å². The number of likely N-dealkylation sites (tertiary alicyclic amines) is 2. The molecule has 3 saturated heterocycles. The molecule has 0 aromatic carbocycles. The molecule has 72 heavy (non-hydrogen) atoms. The molecule has 420 valence electrons. The highest BCUT2D eigenvalue weighted by molar-refractivity contribution is 5.76. The van der Waals surface area contributed by atoms with Crippen molar-refractivity contribution in [3.63, 3.8) is 0 Å². The standard InChI is InChI=1S/C49H100N14O9/c1-3-33-43(67)61-37(27-29-12-5-4-6-13-29)46(70)58-34(21-23-56-49(53)54)44(68)60-36(26-28(2)30-14-7-8-15-31(30)50)45(69)59-35(16-9-22-55-40(64)20-19-32(51)42(66)57-33)47(71)63-25-11-18-39(63)48(72)62-24-10-17-38(62)41(52)65/h28-39,41-48,57-61,65-72H,3-27,50-52H2,1-2H3,(H,55,64)(H4,53,54,56). The summed E-state index contributed by atoms with van der Waals surface area (Å²) < 4.78 is 0. The molecule has 1 amide bonds. The van der Waals surface area contributed by atoms with Gasteiger partial charge in [0.25, 0.3) is 0 Å². The van der Waals surface area contributed by atoms with Crippen molar-refractivity contribution in [1.29, 1.82) is 0 Å². The van der Waals surface area contributed by atoms with Gasteiger partial charge in [-0.25, -0.2) is 0 Å². The third-order valence-corrected chi connectivity index (χ3v) is 16.8. The second-order valence-electron chi connectivity index (χ2n) is 22.1. The fourth-order valence-electron chi connectivity index (χ4n) is 12.4. The van der Waals surface area contributed by atoms with Crippen molar-refractivity contribution in [2.45, 2.75) is 253 Å². The number of aliphatic imine (C=N–C) groups is 1. The van der Waals surface area contributed by atoms with Crippen LogP contribution in [0.25, 0.3) is 0 Å². The second kappa shape index (κ2) is 30.7. The lowest BCUT2D eigenvalue weighted by Gasteiger charge is -2.42. The lowest BCUT2D eigenvalue weighted by molar-refractivity contribution is -0.123. The number of rotatable bonds is 14. The van der Waals surface area contributed by atoms with Gasteiger partial charge in [0.05, 0.1) is 18.1 Å². The summed E-state index contributed by atoms with van der Waals surface area (Å²) in [6, 6.07) is -5.82. The van der Waals surface area contributed by atoms with Gasteiger partial charge in [0.1, 0.15) is 49.8 Å². The first-order chi connectivity index (χ1) is 34.4. The van der Waals surface area contributed by atoms with Crippen molar-refractivity contribution in [3.05, 3.63) is 0 Å². The number of nitrogens with two attached hydrogens (primary N) is 5. The second-order valence-corrected chi connectivity index (χ2v) is 22.1. The van der Waals surface area contributed by atoms with Gasteiger partial charge in [-0.2, -0.15) is 0 Å². The van der Waals surface area contributed by atoms with Crippen molar-refractivity contribution in [2.24, 2.45) is 51.4 Å². The van der Waals surface area contributed by atoms with Crippen LogP contribution in [0.2, 0.25) is 0 Å². The molecule has 0 aromatic heterocycles. The van der Waals surface area contributed by atoms with Crippen molar-refractivity contribution in [2.75, 3.05) is 26.2 Å². The quantitative estimate of drug-likeness (QED) is 0.0463. The summed E-state index contributed by atoms with van der Waals surface area (Å²) >= 11 is 0. The number of amides is 1. The summed E-state index contributed by atoms with van der Waals surface area (Å²) in [5.74, 6) is -0.0381. The topological polar surface area (TPSA) is 400 Å². The van der Waals surface area contributed by atoms with E-state index >= 15 is 0 Å². The van der Waals surface area contributed by atoms with Crippen LogP contribution in [0, 0.1) is 17.8 Å². The molecular weight excluding hydrogens is 929 g/mol. The molecule has 19 unspecified atom stereocenters. The van der Waals surface area contributed by atoms with Crippen LogP contribution in [0.15, 0.2) is 4.99 Å². The number of hydrogen-bond donors (Lipinski definition) is 19. The molecule has 23 heteroatoms. The summed E-state index contributed by atoms with van der Waals surface area (Å²) in [4.78, 5) is 21.0. The fourth-order valence-corrected chi connectivity index (χ4v) is 12.4. The minimum absolute atomic E-state index is 0.0111. The summed E-state index contributed by atoms with van der Waals surface area (Å²) in [5.41, 5.74) is 30.6. The van der Waals surface area contributed by atoms with E-state index in [4.69, 9.17) is 28.7 Å². The third kappa shape index (κ3) is 18.4. The van der Waals surface area contributed by atoms with E-state index in [-0.39, 0.29) is 74.4 Å². The SMILES string of the molecule is CCC1NC(O)C(N)CCC(=O)NCCCC(C(O)N2CCCC2C(O)N2CCCC2C(N)O)NC(O)C(CC(C)C2CCCCC2N)NC(O)C(CCN=C(N)N)NC(O)C(CC2CCCCC2)NC1O. The summed E-state index contributed by atoms with van der Waals surface area (Å²) in [5, 5.41) is 114. The molecule has 0 radical (unpaired) electrons. The maximum Gasteiger partial charge on any atom is 0.220 e. The number of guanidine groups is 1. The molecule has 5 fully saturated rings. The van der Waals surface area contributed by atoms with Crippen LogP contribution in [-0.4, -0.2) is 193 Å². The molecule has 3 aliphatic heterocycles. The summed E-state index contributed by atoms with van der Waals surface area (Å²) in [6.07, 6.45) is 3.86. The summed E-state index contributed by atoms with van der Waals surface area (Å²) in [7, 11) is 0. The van der Waals surface area contributed by atoms with E-state index in [9.17, 15) is 45.6 Å². The molecule has 0 spiro atoms. The smallest absolute Gasteiger partial charge is 0.220 e. The highest BCUT2D eigenvalue weighted by Crippen LogP contribution is 2.34. The molecule has 2 saturated carbocycles. The van der Waals surface area contributed by atoms with Gasteiger partial charge in [-0.3, -0.25) is 46.2 Å². The Balaban J connectivity index is 1.49. The monoisotopic (exact) mass is 1030 g/mol. The Morgan fingerprint density at radius 2 is 1.24 bits per heavy atom. The Kier molecular flexibility index (Phi) is 25.9. The highest BCUT2D eigenvalue weighted by atomic mass is 16.3. The van der Waals surface area contributed by atoms with E-state index in [1.54, 1.807) is 0 Å². The minimum atomic E-state index is -1.41. The maximum atomic E-state index is 13.2.